The first kappa shape index (κ1) is 23.5. The zero-order valence-corrected chi connectivity index (χ0v) is 19.8. The van der Waals surface area contributed by atoms with Crippen molar-refractivity contribution < 1.29 is 9.59 Å². The number of amides is 2. The number of carbonyl (C=O) groups is 2. The molecular formula is C27H27ClN4O2. The van der Waals surface area contributed by atoms with Crippen LogP contribution < -0.4 is 5.32 Å². The molecule has 4 rings (SSSR count). The lowest BCUT2D eigenvalue weighted by atomic mass is 10.2. The van der Waals surface area contributed by atoms with Crippen LogP contribution in [0.1, 0.15) is 28.2 Å². The molecule has 3 aromatic carbocycles. The Balaban J connectivity index is 1.40. The van der Waals surface area contributed by atoms with Gasteiger partial charge in [0, 0.05) is 37.1 Å². The summed E-state index contributed by atoms with van der Waals surface area (Å²) < 4.78 is 1.98. The second-order valence-corrected chi connectivity index (χ2v) is 8.64. The minimum atomic E-state index is -0.159. The van der Waals surface area contributed by atoms with Gasteiger partial charge in [0.05, 0.1) is 11.0 Å². The Morgan fingerprint density at radius 2 is 1.76 bits per heavy atom. The van der Waals surface area contributed by atoms with Crippen LogP contribution in [0.2, 0.25) is 5.02 Å². The third-order valence-corrected chi connectivity index (χ3v) is 5.90. The van der Waals surface area contributed by atoms with Gasteiger partial charge in [-0.15, -0.1) is 0 Å². The van der Waals surface area contributed by atoms with E-state index in [1.165, 1.54) is 0 Å². The molecule has 0 aliphatic heterocycles. The van der Waals surface area contributed by atoms with Crippen molar-refractivity contribution in [3.05, 3.63) is 101 Å². The molecule has 6 nitrogen and oxygen atoms in total. The minimum Gasteiger partial charge on any atom is -0.352 e. The maximum Gasteiger partial charge on any atom is 0.251 e. The summed E-state index contributed by atoms with van der Waals surface area (Å²) in [5.41, 5.74) is 3.41. The maximum atomic E-state index is 13.0. The molecule has 0 atom stereocenters. The van der Waals surface area contributed by atoms with E-state index in [4.69, 9.17) is 16.6 Å². The first-order valence-corrected chi connectivity index (χ1v) is 11.6. The lowest BCUT2D eigenvalue weighted by molar-refractivity contribution is -0.131. The van der Waals surface area contributed by atoms with Gasteiger partial charge < -0.3 is 14.8 Å². The predicted octanol–water partition coefficient (Wildman–Crippen LogP) is 4.71. The molecule has 0 saturated carbocycles. The number of carbonyl (C=O) groups excluding carboxylic acids is 2. The average Bonchev–Trinajstić information content (AvgIpc) is 3.19. The zero-order valence-electron chi connectivity index (χ0n) is 19.1. The number of nitrogens with one attached hydrogen (secondary N) is 1. The van der Waals surface area contributed by atoms with Crippen molar-refractivity contribution in [3.8, 4) is 0 Å². The number of para-hydroxylation sites is 2. The van der Waals surface area contributed by atoms with Crippen molar-refractivity contribution in [3.63, 3.8) is 0 Å². The summed E-state index contributed by atoms with van der Waals surface area (Å²) in [7, 11) is 1.82. The first-order chi connectivity index (χ1) is 16.5. The fourth-order valence-electron chi connectivity index (χ4n) is 3.87. The van der Waals surface area contributed by atoms with Crippen LogP contribution in [0.3, 0.4) is 0 Å². The summed E-state index contributed by atoms with van der Waals surface area (Å²) in [6.45, 7) is 1.27. The van der Waals surface area contributed by atoms with Crippen LogP contribution in [-0.4, -0.2) is 39.9 Å². The standard InChI is InChI=1S/C27H27ClN4O2/c1-31(18-20-9-3-2-4-10-20)26(33)19-32-24-14-6-5-13-23(24)30-25(32)15-8-16-29-27(34)21-11-7-12-22(28)17-21/h2-7,9-14,17H,8,15-16,18-19H2,1H3,(H,29,34). The fourth-order valence-corrected chi connectivity index (χ4v) is 4.06. The van der Waals surface area contributed by atoms with Gasteiger partial charge in [-0.2, -0.15) is 0 Å². The Kier molecular flexibility index (Phi) is 7.60. The van der Waals surface area contributed by atoms with Crippen LogP contribution in [0.4, 0.5) is 0 Å². The van der Waals surface area contributed by atoms with Gasteiger partial charge in [0.1, 0.15) is 12.4 Å². The van der Waals surface area contributed by atoms with Crippen molar-refractivity contribution in [1.82, 2.24) is 19.8 Å². The highest BCUT2D eigenvalue weighted by atomic mass is 35.5. The normalized spacial score (nSPS) is 10.9. The van der Waals surface area contributed by atoms with Gasteiger partial charge in [-0.1, -0.05) is 60.1 Å². The Morgan fingerprint density at radius 1 is 1.00 bits per heavy atom. The molecule has 34 heavy (non-hydrogen) atoms. The quantitative estimate of drug-likeness (QED) is 0.357. The molecule has 7 heteroatoms. The zero-order chi connectivity index (χ0) is 23.9. The molecule has 0 fully saturated rings. The number of likely N-dealkylation sites (N-methyl/N-ethyl adjacent to an activating group) is 1. The van der Waals surface area contributed by atoms with Crippen LogP contribution in [0.25, 0.3) is 11.0 Å². The molecule has 2 amide bonds. The summed E-state index contributed by atoms with van der Waals surface area (Å²) in [6.07, 6.45) is 1.34. The van der Waals surface area contributed by atoms with Crippen molar-refractivity contribution in [1.29, 1.82) is 0 Å². The van der Waals surface area contributed by atoms with E-state index in [0.717, 1.165) is 22.4 Å². The summed E-state index contributed by atoms with van der Waals surface area (Å²) in [6, 6.07) is 24.6. The molecule has 0 saturated heterocycles. The second-order valence-electron chi connectivity index (χ2n) is 8.21. The van der Waals surface area contributed by atoms with Crippen LogP contribution in [0, 0.1) is 0 Å². The number of aryl methyl sites for hydroxylation is 1. The van der Waals surface area contributed by atoms with Gasteiger partial charge in [-0.25, -0.2) is 4.98 Å². The molecule has 0 unspecified atom stereocenters. The Labute approximate surface area is 204 Å². The number of hydrogen-bond acceptors (Lipinski definition) is 3. The van der Waals surface area contributed by atoms with E-state index in [2.05, 4.69) is 5.32 Å². The average molecular weight is 475 g/mol. The van der Waals surface area contributed by atoms with Gasteiger partial charge in [-0.05, 0) is 42.3 Å². The van der Waals surface area contributed by atoms with Gasteiger partial charge in [0.2, 0.25) is 5.91 Å². The fraction of sp³-hybridized carbons (Fsp3) is 0.222. The van der Waals surface area contributed by atoms with E-state index in [9.17, 15) is 9.59 Å². The van der Waals surface area contributed by atoms with Gasteiger partial charge in [-0.3, -0.25) is 9.59 Å². The Hall–Kier alpha value is -3.64. The van der Waals surface area contributed by atoms with Crippen LogP contribution in [0.5, 0.6) is 0 Å². The SMILES string of the molecule is CN(Cc1ccccc1)C(=O)Cn1c(CCCNC(=O)c2cccc(Cl)c2)nc2ccccc21. The van der Waals surface area contributed by atoms with Crippen molar-refractivity contribution in [2.45, 2.75) is 25.9 Å². The molecule has 1 N–H and O–H groups in total. The van der Waals surface area contributed by atoms with Gasteiger partial charge in [0.15, 0.2) is 0 Å². The minimum absolute atomic E-state index is 0.0162. The van der Waals surface area contributed by atoms with E-state index in [1.807, 2.05) is 66.2 Å². The third kappa shape index (κ3) is 5.83. The number of imidazole rings is 1. The highest BCUT2D eigenvalue weighted by Gasteiger charge is 2.16. The first-order valence-electron chi connectivity index (χ1n) is 11.3. The molecular weight excluding hydrogens is 448 g/mol. The Morgan fingerprint density at radius 3 is 2.56 bits per heavy atom. The van der Waals surface area contributed by atoms with Crippen molar-refractivity contribution in [2.24, 2.45) is 0 Å². The van der Waals surface area contributed by atoms with Crippen molar-refractivity contribution >= 4 is 34.4 Å². The summed E-state index contributed by atoms with van der Waals surface area (Å²) in [5, 5.41) is 3.46. The van der Waals surface area contributed by atoms with E-state index < -0.39 is 0 Å². The number of fused-ring (bicyclic) bond motifs is 1. The highest BCUT2D eigenvalue weighted by Crippen LogP contribution is 2.18. The van der Waals surface area contributed by atoms with E-state index >= 15 is 0 Å². The van der Waals surface area contributed by atoms with Crippen LogP contribution in [0.15, 0.2) is 78.9 Å². The Bertz CT molecular complexity index is 1290. The number of rotatable bonds is 9. The second kappa shape index (κ2) is 11.0. The van der Waals surface area contributed by atoms with E-state index in [-0.39, 0.29) is 18.4 Å². The summed E-state index contributed by atoms with van der Waals surface area (Å²) in [5.74, 6) is 0.691. The largest absolute Gasteiger partial charge is 0.352 e. The monoisotopic (exact) mass is 474 g/mol. The number of benzene rings is 3. The number of aromatic nitrogens is 2. The molecule has 1 aromatic heterocycles. The molecule has 174 valence electrons. The lowest BCUT2D eigenvalue weighted by Crippen LogP contribution is -2.30. The predicted molar refractivity (Wildman–Crippen MR) is 135 cm³/mol. The number of hydrogen-bond donors (Lipinski definition) is 1. The molecule has 4 aromatic rings. The number of halogens is 1. The van der Waals surface area contributed by atoms with E-state index in [1.54, 1.807) is 29.2 Å². The molecule has 0 bridgehead atoms. The van der Waals surface area contributed by atoms with Crippen molar-refractivity contribution in [2.75, 3.05) is 13.6 Å². The molecule has 0 spiro atoms. The molecule has 0 radical (unpaired) electrons. The van der Waals surface area contributed by atoms with Gasteiger partial charge >= 0.3 is 0 Å². The van der Waals surface area contributed by atoms with Gasteiger partial charge in [0.25, 0.3) is 5.91 Å². The van der Waals surface area contributed by atoms with Crippen LogP contribution in [-0.2, 0) is 24.3 Å². The number of nitrogens with zero attached hydrogens (tertiary/aromatic N) is 3. The third-order valence-electron chi connectivity index (χ3n) is 5.66. The summed E-state index contributed by atoms with van der Waals surface area (Å²) in [4.78, 5) is 31.9. The van der Waals surface area contributed by atoms with Crippen LogP contribution >= 0.6 is 11.6 Å². The molecule has 1 heterocycles. The smallest absolute Gasteiger partial charge is 0.251 e. The molecule has 0 aliphatic rings. The molecule has 0 aliphatic carbocycles. The lowest BCUT2D eigenvalue weighted by Gasteiger charge is -2.19. The summed E-state index contributed by atoms with van der Waals surface area (Å²) >= 11 is 5.97. The maximum absolute atomic E-state index is 13.0. The highest BCUT2D eigenvalue weighted by molar-refractivity contribution is 6.30. The van der Waals surface area contributed by atoms with E-state index in [0.29, 0.717) is 36.5 Å². The topological polar surface area (TPSA) is 67.2 Å².